The van der Waals surface area contributed by atoms with Crippen LogP contribution in [0.5, 0.6) is 0 Å². The molecule has 0 aliphatic heterocycles. The van der Waals surface area contributed by atoms with Crippen molar-refractivity contribution in [3.63, 3.8) is 0 Å². The highest BCUT2D eigenvalue weighted by Crippen LogP contribution is 2.53. The summed E-state index contributed by atoms with van der Waals surface area (Å²) >= 11 is 0. The standard InChI is InChI=1S/C51H34/c1-51(2)45-29-35(44-28-32-16-6-7-17-37(32)38-18-8-9-19-39(38)44)26-33-24-25-34-27-36(30-46(51)50(34)49(33)45)48-42-22-12-10-20-40(42)47(31-14-4-3-5-15-31)41-21-11-13-23-43(41)48/h3-30H,1-2H3. The molecule has 10 aromatic carbocycles. The predicted molar refractivity (Wildman–Crippen MR) is 220 cm³/mol. The van der Waals surface area contributed by atoms with Gasteiger partial charge < -0.3 is 0 Å². The normalized spacial score (nSPS) is 13.5. The lowest BCUT2D eigenvalue weighted by atomic mass is 9.79. The summed E-state index contributed by atoms with van der Waals surface area (Å²) in [4.78, 5) is 0. The Balaban J connectivity index is 1.17. The molecule has 1 aliphatic rings. The van der Waals surface area contributed by atoms with Crippen LogP contribution in [0.3, 0.4) is 0 Å². The minimum Gasteiger partial charge on any atom is -0.0622 e. The third-order valence-electron chi connectivity index (χ3n) is 11.7. The molecule has 0 saturated heterocycles. The summed E-state index contributed by atoms with van der Waals surface area (Å²) in [5.74, 6) is 0. The lowest BCUT2D eigenvalue weighted by Crippen LogP contribution is -2.15. The molecule has 1 aliphatic carbocycles. The van der Waals surface area contributed by atoms with E-state index in [0.717, 1.165) is 0 Å². The number of benzene rings is 10. The zero-order chi connectivity index (χ0) is 33.8. The number of hydrogen-bond acceptors (Lipinski definition) is 0. The summed E-state index contributed by atoms with van der Waals surface area (Å²) in [5.41, 5.74) is 10.4. The Kier molecular flexibility index (Phi) is 5.82. The van der Waals surface area contributed by atoms with Gasteiger partial charge in [-0.05, 0) is 139 Å². The molecule has 0 saturated carbocycles. The van der Waals surface area contributed by atoms with E-state index < -0.39 is 0 Å². The lowest BCUT2D eigenvalue weighted by Gasteiger charge is -2.24. The van der Waals surface area contributed by atoms with Crippen LogP contribution in [0, 0.1) is 0 Å². The molecule has 11 rings (SSSR count). The summed E-state index contributed by atoms with van der Waals surface area (Å²) in [6.45, 7) is 4.86. The Hall–Kier alpha value is -6.24. The highest BCUT2D eigenvalue weighted by molar-refractivity contribution is 6.23. The van der Waals surface area contributed by atoms with Crippen LogP contribution in [0.1, 0.15) is 25.0 Å². The van der Waals surface area contributed by atoms with Crippen molar-refractivity contribution in [2.75, 3.05) is 0 Å². The Morgan fingerprint density at radius 1 is 0.314 bits per heavy atom. The maximum atomic E-state index is 2.52. The average molecular weight is 647 g/mol. The molecule has 0 spiro atoms. The van der Waals surface area contributed by atoms with Crippen LogP contribution in [0.2, 0.25) is 0 Å². The Morgan fingerprint density at radius 2 is 0.765 bits per heavy atom. The summed E-state index contributed by atoms with van der Waals surface area (Å²) < 4.78 is 0. The first kappa shape index (κ1) is 28.6. The zero-order valence-corrected chi connectivity index (χ0v) is 28.7. The van der Waals surface area contributed by atoms with Gasteiger partial charge in [0.2, 0.25) is 0 Å². The first-order valence-electron chi connectivity index (χ1n) is 18.0. The topological polar surface area (TPSA) is 0 Å². The van der Waals surface area contributed by atoms with Crippen molar-refractivity contribution in [1.82, 2.24) is 0 Å². The van der Waals surface area contributed by atoms with Crippen LogP contribution in [0.15, 0.2) is 170 Å². The van der Waals surface area contributed by atoms with E-state index in [1.807, 2.05) is 0 Å². The van der Waals surface area contributed by atoms with Crippen LogP contribution >= 0.6 is 0 Å². The summed E-state index contributed by atoms with van der Waals surface area (Å²) in [6.07, 6.45) is 0. The van der Waals surface area contributed by atoms with Crippen LogP contribution in [0.25, 0.3) is 98.0 Å². The summed E-state index contributed by atoms with van der Waals surface area (Å²) in [6, 6.07) is 63.5. The molecule has 0 N–H and O–H groups in total. The second-order valence-corrected chi connectivity index (χ2v) is 14.8. The van der Waals surface area contributed by atoms with E-state index in [0.29, 0.717) is 0 Å². The molecule has 0 bridgehead atoms. The molecule has 0 fully saturated rings. The highest BCUT2D eigenvalue weighted by atomic mass is 14.4. The lowest BCUT2D eigenvalue weighted by molar-refractivity contribution is 0.663. The third kappa shape index (κ3) is 3.96. The quantitative estimate of drug-likeness (QED) is 0.132. The Bertz CT molecular complexity index is 3030. The van der Waals surface area contributed by atoms with Gasteiger partial charge in [-0.1, -0.05) is 153 Å². The monoisotopic (exact) mass is 646 g/mol. The predicted octanol–water partition coefficient (Wildman–Crippen LogP) is 14.2. The molecule has 10 aromatic rings. The molecule has 0 unspecified atom stereocenters. The van der Waals surface area contributed by atoms with E-state index in [9.17, 15) is 0 Å². The molecule has 0 heterocycles. The molecular formula is C51H34. The van der Waals surface area contributed by atoms with Crippen molar-refractivity contribution in [3.05, 3.63) is 181 Å². The van der Waals surface area contributed by atoms with Gasteiger partial charge in [0.05, 0.1) is 0 Å². The molecule has 0 heteroatoms. The van der Waals surface area contributed by atoms with Gasteiger partial charge in [0.15, 0.2) is 0 Å². The number of hydrogen-bond donors (Lipinski definition) is 0. The van der Waals surface area contributed by atoms with E-state index in [1.54, 1.807) is 0 Å². The largest absolute Gasteiger partial charge is 0.0622 e. The van der Waals surface area contributed by atoms with E-state index >= 15 is 0 Å². The molecule has 0 nitrogen and oxygen atoms in total. The molecule has 51 heavy (non-hydrogen) atoms. The fourth-order valence-corrected chi connectivity index (χ4v) is 9.41. The number of rotatable bonds is 3. The van der Waals surface area contributed by atoms with E-state index in [4.69, 9.17) is 0 Å². The van der Waals surface area contributed by atoms with Crippen molar-refractivity contribution in [3.8, 4) is 33.4 Å². The van der Waals surface area contributed by atoms with Crippen LogP contribution in [-0.4, -0.2) is 0 Å². The molecule has 0 amide bonds. The SMILES string of the molecule is CC1(C)c2cc(-c3c4ccccc4c(-c4ccccc4)c4ccccc34)cc3ccc4cc(-c5cc6ccccc6c6ccccc56)cc1c4c23. The van der Waals surface area contributed by atoms with E-state index in [2.05, 4.69) is 184 Å². The minimum atomic E-state index is -0.172. The van der Waals surface area contributed by atoms with Crippen molar-refractivity contribution in [1.29, 1.82) is 0 Å². The van der Waals surface area contributed by atoms with Crippen molar-refractivity contribution in [2.45, 2.75) is 19.3 Å². The van der Waals surface area contributed by atoms with Gasteiger partial charge in [-0.3, -0.25) is 0 Å². The van der Waals surface area contributed by atoms with Crippen molar-refractivity contribution < 1.29 is 0 Å². The fraction of sp³-hybridized carbons (Fsp3) is 0.0588. The summed E-state index contributed by atoms with van der Waals surface area (Å²) in [5, 5.41) is 15.8. The molecule has 238 valence electrons. The molecule has 0 radical (unpaired) electrons. The van der Waals surface area contributed by atoms with Crippen LogP contribution < -0.4 is 0 Å². The average Bonchev–Trinajstić information content (AvgIpc) is 3.41. The van der Waals surface area contributed by atoms with Crippen molar-refractivity contribution in [2.24, 2.45) is 0 Å². The van der Waals surface area contributed by atoms with E-state index in [1.165, 1.54) is 109 Å². The van der Waals surface area contributed by atoms with Crippen LogP contribution in [0.4, 0.5) is 0 Å². The van der Waals surface area contributed by atoms with Gasteiger partial charge in [-0.25, -0.2) is 0 Å². The minimum absolute atomic E-state index is 0.172. The van der Waals surface area contributed by atoms with Gasteiger partial charge >= 0.3 is 0 Å². The highest BCUT2D eigenvalue weighted by Gasteiger charge is 2.35. The maximum Gasteiger partial charge on any atom is 0.0159 e. The van der Waals surface area contributed by atoms with Crippen LogP contribution in [-0.2, 0) is 5.41 Å². The van der Waals surface area contributed by atoms with Gasteiger partial charge in [-0.15, -0.1) is 0 Å². The first-order valence-corrected chi connectivity index (χ1v) is 18.0. The Labute approximate surface area is 297 Å². The van der Waals surface area contributed by atoms with Gasteiger partial charge in [0.25, 0.3) is 0 Å². The first-order chi connectivity index (χ1) is 25.1. The Morgan fingerprint density at radius 3 is 1.37 bits per heavy atom. The van der Waals surface area contributed by atoms with Gasteiger partial charge in [0, 0.05) is 5.41 Å². The zero-order valence-electron chi connectivity index (χ0n) is 28.7. The maximum absolute atomic E-state index is 2.52. The second-order valence-electron chi connectivity index (χ2n) is 14.8. The van der Waals surface area contributed by atoms with Crippen molar-refractivity contribution >= 4 is 64.6 Å². The fourth-order valence-electron chi connectivity index (χ4n) is 9.41. The third-order valence-corrected chi connectivity index (χ3v) is 11.7. The molecular weight excluding hydrogens is 613 g/mol. The molecule has 0 atom stereocenters. The van der Waals surface area contributed by atoms with Gasteiger partial charge in [0.1, 0.15) is 0 Å². The van der Waals surface area contributed by atoms with Gasteiger partial charge in [-0.2, -0.15) is 0 Å². The molecule has 0 aromatic heterocycles. The van der Waals surface area contributed by atoms with E-state index in [-0.39, 0.29) is 5.41 Å². The smallest absolute Gasteiger partial charge is 0.0159 e. The summed E-state index contributed by atoms with van der Waals surface area (Å²) in [7, 11) is 0. The second kappa shape index (κ2) is 10.4. The number of fused-ring (bicyclic) bond motifs is 5.